The van der Waals surface area contributed by atoms with Crippen LogP contribution in [0.15, 0.2) is 45.8 Å². The maximum atomic E-state index is 5.48. The molecule has 2 heterocycles. The summed E-state index contributed by atoms with van der Waals surface area (Å²) in [6.07, 6.45) is 6.76. The first-order valence-electron chi connectivity index (χ1n) is 4.91. The van der Waals surface area contributed by atoms with E-state index in [4.69, 9.17) is 14.7 Å². The largest absolute Gasteiger partial charge is 0.472 e. The number of aryl methyl sites for hydroxylation is 1. The second kappa shape index (κ2) is 4.82. The molecular formula is C11H14N2O2. The summed E-state index contributed by atoms with van der Waals surface area (Å²) in [5.41, 5.74) is 3.82. The third-order valence-electron chi connectivity index (χ3n) is 2.41. The SMILES string of the molecule is NNC(CCc1ccco1)c1ccoc1. The number of furan rings is 2. The molecule has 0 spiro atoms. The summed E-state index contributed by atoms with van der Waals surface area (Å²) < 4.78 is 10.3. The van der Waals surface area contributed by atoms with Gasteiger partial charge in [-0.05, 0) is 24.6 Å². The molecule has 0 fully saturated rings. The summed E-state index contributed by atoms with van der Waals surface area (Å²) in [5, 5.41) is 0. The van der Waals surface area contributed by atoms with E-state index < -0.39 is 0 Å². The van der Waals surface area contributed by atoms with Gasteiger partial charge in [-0.2, -0.15) is 0 Å². The van der Waals surface area contributed by atoms with Crippen LogP contribution < -0.4 is 11.3 Å². The normalized spacial score (nSPS) is 12.9. The van der Waals surface area contributed by atoms with Gasteiger partial charge in [0.15, 0.2) is 0 Å². The van der Waals surface area contributed by atoms with Crippen LogP contribution in [0.1, 0.15) is 23.8 Å². The highest BCUT2D eigenvalue weighted by Gasteiger charge is 2.11. The first-order chi connectivity index (χ1) is 7.40. The van der Waals surface area contributed by atoms with Crippen molar-refractivity contribution in [1.29, 1.82) is 0 Å². The third kappa shape index (κ3) is 2.49. The Morgan fingerprint density at radius 1 is 1.33 bits per heavy atom. The molecule has 0 saturated carbocycles. The number of nitrogens with two attached hydrogens (primary N) is 1. The Morgan fingerprint density at radius 2 is 2.27 bits per heavy atom. The van der Waals surface area contributed by atoms with Gasteiger partial charge in [0.05, 0.1) is 18.8 Å². The van der Waals surface area contributed by atoms with Crippen molar-refractivity contribution in [3.63, 3.8) is 0 Å². The van der Waals surface area contributed by atoms with Gasteiger partial charge in [-0.25, -0.2) is 0 Å². The molecule has 0 aromatic carbocycles. The van der Waals surface area contributed by atoms with Crippen molar-refractivity contribution >= 4 is 0 Å². The molecule has 2 rings (SSSR count). The Morgan fingerprint density at radius 3 is 2.87 bits per heavy atom. The predicted molar refractivity (Wildman–Crippen MR) is 55.8 cm³/mol. The van der Waals surface area contributed by atoms with Gasteiger partial charge in [0.1, 0.15) is 5.76 Å². The molecule has 0 bridgehead atoms. The van der Waals surface area contributed by atoms with Gasteiger partial charge in [-0.3, -0.25) is 11.3 Å². The highest BCUT2D eigenvalue weighted by Crippen LogP contribution is 2.18. The quantitative estimate of drug-likeness (QED) is 0.580. The number of nitrogens with one attached hydrogen (secondary N) is 1. The summed E-state index contributed by atoms with van der Waals surface area (Å²) in [7, 11) is 0. The van der Waals surface area contributed by atoms with Gasteiger partial charge >= 0.3 is 0 Å². The lowest BCUT2D eigenvalue weighted by Crippen LogP contribution is -2.28. The van der Waals surface area contributed by atoms with Crippen molar-refractivity contribution in [2.24, 2.45) is 5.84 Å². The highest BCUT2D eigenvalue weighted by atomic mass is 16.3. The van der Waals surface area contributed by atoms with Crippen LogP contribution in [0, 0.1) is 0 Å². The molecule has 3 N–H and O–H groups in total. The maximum absolute atomic E-state index is 5.48. The first kappa shape index (κ1) is 10.0. The van der Waals surface area contributed by atoms with Gasteiger partial charge < -0.3 is 8.83 Å². The zero-order valence-corrected chi connectivity index (χ0v) is 8.35. The topological polar surface area (TPSA) is 64.3 Å². The zero-order valence-electron chi connectivity index (χ0n) is 8.35. The lowest BCUT2D eigenvalue weighted by Gasteiger charge is -2.12. The molecule has 2 aromatic rings. The first-order valence-corrected chi connectivity index (χ1v) is 4.91. The lowest BCUT2D eigenvalue weighted by atomic mass is 10.1. The number of hydrogen-bond acceptors (Lipinski definition) is 4. The maximum Gasteiger partial charge on any atom is 0.103 e. The molecule has 0 amide bonds. The molecule has 0 saturated heterocycles. The second-order valence-corrected chi connectivity index (χ2v) is 3.39. The molecule has 2 aromatic heterocycles. The van der Waals surface area contributed by atoms with E-state index in [2.05, 4.69) is 5.43 Å². The highest BCUT2D eigenvalue weighted by molar-refractivity contribution is 5.11. The van der Waals surface area contributed by atoms with E-state index in [-0.39, 0.29) is 6.04 Å². The fourth-order valence-electron chi connectivity index (χ4n) is 1.56. The molecule has 0 radical (unpaired) electrons. The Bertz CT molecular complexity index is 367. The zero-order chi connectivity index (χ0) is 10.5. The molecule has 0 aliphatic heterocycles. The molecule has 0 aliphatic rings. The summed E-state index contributed by atoms with van der Waals surface area (Å²) in [5.74, 6) is 6.45. The molecule has 4 heteroatoms. The average Bonchev–Trinajstić information content (AvgIpc) is 2.90. The Labute approximate surface area is 88.0 Å². The third-order valence-corrected chi connectivity index (χ3v) is 2.41. The lowest BCUT2D eigenvalue weighted by molar-refractivity contribution is 0.455. The summed E-state index contributed by atoms with van der Waals surface area (Å²) in [6, 6.07) is 5.86. The molecule has 1 unspecified atom stereocenters. The Hall–Kier alpha value is -1.52. The van der Waals surface area contributed by atoms with E-state index in [0.29, 0.717) is 0 Å². The number of hydrogen-bond donors (Lipinski definition) is 2. The van der Waals surface area contributed by atoms with Gasteiger partial charge in [-0.1, -0.05) is 0 Å². The van der Waals surface area contributed by atoms with Crippen LogP contribution in [0.5, 0.6) is 0 Å². The van der Waals surface area contributed by atoms with Crippen LogP contribution in [0.4, 0.5) is 0 Å². The van der Waals surface area contributed by atoms with E-state index >= 15 is 0 Å². The van der Waals surface area contributed by atoms with Crippen LogP contribution in [-0.4, -0.2) is 0 Å². The molecule has 15 heavy (non-hydrogen) atoms. The summed E-state index contributed by atoms with van der Waals surface area (Å²) in [4.78, 5) is 0. The summed E-state index contributed by atoms with van der Waals surface area (Å²) in [6.45, 7) is 0. The molecule has 80 valence electrons. The van der Waals surface area contributed by atoms with Crippen molar-refractivity contribution in [1.82, 2.24) is 5.43 Å². The fraction of sp³-hybridized carbons (Fsp3) is 0.273. The standard InChI is InChI=1S/C11H14N2O2/c12-13-11(9-5-7-14-8-9)4-3-10-2-1-6-15-10/h1-2,5-8,11,13H,3-4,12H2. The van der Waals surface area contributed by atoms with Crippen LogP contribution in [-0.2, 0) is 6.42 Å². The van der Waals surface area contributed by atoms with Crippen molar-refractivity contribution in [2.45, 2.75) is 18.9 Å². The van der Waals surface area contributed by atoms with Crippen molar-refractivity contribution in [2.75, 3.05) is 0 Å². The minimum Gasteiger partial charge on any atom is -0.472 e. The minimum atomic E-state index is 0.105. The van der Waals surface area contributed by atoms with E-state index in [1.807, 2.05) is 18.2 Å². The monoisotopic (exact) mass is 206 g/mol. The molecule has 4 nitrogen and oxygen atoms in total. The van der Waals surface area contributed by atoms with E-state index in [9.17, 15) is 0 Å². The second-order valence-electron chi connectivity index (χ2n) is 3.39. The predicted octanol–water partition coefficient (Wildman–Crippen LogP) is 2.01. The molecule has 1 atom stereocenters. The molecular weight excluding hydrogens is 192 g/mol. The van der Waals surface area contributed by atoms with Crippen molar-refractivity contribution < 1.29 is 8.83 Å². The Balaban J connectivity index is 1.92. The van der Waals surface area contributed by atoms with Crippen molar-refractivity contribution in [3.8, 4) is 0 Å². The van der Waals surface area contributed by atoms with Crippen LogP contribution in [0.2, 0.25) is 0 Å². The Kier molecular flexibility index (Phi) is 3.22. The summed E-state index contributed by atoms with van der Waals surface area (Å²) >= 11 is 0. The van der Waals surface area contributed by atoms with Crippen LogP contribution in [0.25, 0.3) is 0 Å². The van der Waals surface area contributed by atoms with E-state index in [1.54, 1.807) is 18.8 Å². The van der Waals surface area contributed by atoms with E-state index in [1.165, 1.54) is 0 Å². The van der Waals surface area contributed by atoms with Gasteiger partial charge in [0, 0.05) is 18.0 Å². The fourth-order valence-corrected chi connectivity index (χ4v) is 1.56. The molecule has 0 aliphatic carbocycles. The smallest absolute Gasteiger partial charge is 0.103 e. The minimum absolute atomic E-state index is 0.105. The van der Waals surface area contributed by atoms with E-state index in [0.717, 1.165) is 24.2 Å². The van der Waals surface area contributed by atoms with Gasteiger partial charge in [0.25, 0.3) is 0 Å². The number of hydrazine groups is 1. The van der Waals surface area contributed by atoms with Crippen LogP contribution in [0.3, 0.4) is 0 Å². The van der Waals surface area contributed by atoms with Gasteiger partial charge in [0.2, 0.25) is 0 Å². The van der Waals surface area contributed by atoms with Gasteiger partial charge in [-0.15, -0.1) is 0 Å². The van der Waals surface area contributed by atoms with Crippen LogP contribution >= 0.6 is 0 Å². The average molecular weight is 206 g/mol. The number of rotatable bonds is 5. The van der Waals surface area contributed by atoms with Crippen molar-refractivity contribution in [3.05, 3.63) is 48.3 Å².